The maximum absolute atomic E-state index is 13.0. The summed E-state index contributed by atoms with van der Waals surface area (Å²) in [6, 6.07) is -2.16. The smallest absolute Gasteiger partial charge is 0.325 e. The Kier molecular flexibility index (Phi) is 6.27. The van der Waals surface area contributed by atoms with Crippen LogP contribution in [0, 0.1) is 0 Å². The normalized spacial score (nSPS) is 25.1. The lowest BCUT2D eigenvalue weighted by molar-refractivity contribution is -0.145. The van der Waals surface area contributed by atoms with Crippen LogP contribution in [0.5, 0.6) is 0 Å². The SMILES string of the molecule is COC(=O)CNC(=O)C1N(C(=O)CC[C@@H]2NC(=O)NC2=O)C(C)(C)SC1(C)C. The van der Waals surface area contributed by atoms with E-state index < -0.39 is 45.5 Å². The van der Waals surface area contributed by atoms with E-state index in [0.29, 0.717) is 0 Å². The lowest BCUT2D eigenvalue weighted by Gasteiger charge is -2.35. The number of ether oxygens (including phenoxy) is 1. The van der Waals surface area contributed by atoms with Crippen molar-refractivity contribution < 1.29 is 28.7 Å². The van der Waals surface area contributed by atoms with E-state index in [0.717, 1.165) is 0 Å². The van der Waals surface area contributed by atoms with Crippen molar-refractivity contribution in [1.29, 1.82) is 0 Å². The average Bonchev–Trinajstić information content (AvgIpc) is 3.00. The molecule has 0 aromatic carbocycles. The van der Waals surface area contributed by atoms with E-state index in [-0.39, 0.29) is 25.3 Å². The molecule has 0 spiro atoms. The van der Waals surface area contributed by atoms with E-state index in [1.54, 1.807) is 0 Å². The van der Waals surface area contributed by atoms with Gasteiger partial charge in [0.2, 0.25) is 11.8 Å². The molecule has 0 saturated carbocycles. The van der Waals surface area contributed by atoms with Crippen LogP contribution >= 0.6 is 11.8 Å². The average molecular weight is 414 g/mol. The van der Waals surface area contributed by atoms with Crippen molar-refractivity contribution >= 4 is 41.5 Å². The Morgan fingerprint density at radius 3 is 2.39 bits per heavy atom. The fourth-order valence-corrected chi connectivity index (χ4v) is 5.54. The quantitative estimate of drug-likeness (QED) is 0.402. The Bertz CT molecular complexity index is 708. The summed E-state index contributed by atoms with van der Waals surface area (Å²) in [5.41, 5.74) is 0. The third-order valence-corrected chi connectivity index (χ3v) is 6.11. The highest BCUT2D eigenvalue weighted by Gasteiger charge is 2.56. The molecular formula is C17H26N4O6S. The van der Waals surface area contributed by atoms with Gasteiger partial charge in [0.15, 0.2) is 0 Å². The molecular weight excluding hydrogens is 388 g/mol. The minimum absolute atomic E-state index is 0.0147. The van der Waals surface area contributed by atoms with Crippen LogP contribution in [-0.2, 0) is 23.9 Å². The second-order valence-corrected chi connectivity index (χ2v) is 9.92. The predicted octanol–water partition coefficient (Wildman–Crippen LogP) is -0.277. The Morgan fingerprint density at radius 1 is 1.21 bits per heavy atom. The van der Waals surface area contributed by atoms with Gasteiger partial charge in [0.05, 0.1) is 12.0 Å². The Labute approximate surface area is 167 Å². The number of imide groups is 1. The van der Waals surface area contributed by atoms with Crippen molar-refractivity contribution in [2.45, 2.75) is 62.2 Å². The summed E-state index contributed by atoms with van der Waals surface area (Å²) in [6.45, 7) is 7.12. The summed E-state index contributed by atoms with van der Waals surface area (Å²) in [5, 5.41) is 7.10. The maximum atomic E-state index is 13.0. The number of esters is 1. The molecule has 0 bridgehead atoms. The molecule has 2 heterocycles. The summed E-state index contributed by atoms with van der Waals surface area (Å²) in [6.07, 6.45) is 0.115. The van der Waals surface area contributed by atoms with Crippen LogP contribution in [0.25, 0.3) is 0 Å². The highest BCUT2D eigenvalue weighted by molar-refractivity contribution is 8.02. The largest absolute Gasteiger partial charge is 0.468 e. The number of carbonyl (C=O) groups excluding carboxylic acids is 5. The van der Waals surface area contributed by atoms with Crippen LogP contribution in [0.3, 0.4) is 0 Å². The molecule has 2 aliphatic heterocycles. The zero-order valence-electron chi connectivity index (χ0n) is 16.6. The standard InChI is InChI=1S/C17H26N4O6S/c1-16(2)12(14(25)18-8-11(23)27-5)21(17(3,4)28-16)10(22)7-6-9-13(24)20-15(26)19-9/h9,12H,6-8H2,1-5H3,(H,18,25)(H2,19,20,24,26)/t9-,12?/m0/s1. The Balaban J connectivity index is 2.13. The van der Waals surface area contributed by atoms with Gasteiger partial charge in [-0.05, 0) is 34.1 Å². The third-order valence-electron chi connectivity index (χ3n) is 4.67. The Hall–Kier alpha value is -2.30. The number of amides is 5. The van der Waals surface area contributed by atoms with Gasteiger partial charge in [-0.25, -0.2) is 4.79 Å². The maximum Gasteiger partial charge on any atom is 0.325 e. The molecule has 0 aliphatic carbocycles. The zero-order chi connectivity index (χ0) is 21.3. The molecule has 2 aliphatic rings. The number of nitrogens with one attached hydrogen (secondary N) is 3. The van der Waals surface area contributed by atoms with Crippen molar-refractivity contribution in [3.05, 3.63) is 0 Å². The molecule has 156 valence electrons. The molecule has 11 heteroatoms. The molecule has 28 heavy (non-hydrogen) atoms. The van der Waals surface area contributed by atoms with Gasteiger partial charge in [-0.3, -0.25) is 24.5 Å². The first-order valence-corrected chi connectivity index (χ1v) is 9.69. The number of methoxy groups -OCH3 is 1. The lowest BCUT2D eigenvalue weighted by Crippen LogP contribution is -2.57. The molecule has 2 saturated heterocycles. The van der Waals surface area contributed by atoms with Gasteiger partial charge in [-0.1, -0.05) is 0 Å². The lowest BCUT2D eigenvalue weighted by atomic mass is 9.98. The number of hydrogen-bond donors (Lipinski definition) is 3. The van der Waals surface area contributed by atoms with Crippen LogP contribution < -0.4 is 16.0 Å². The van der Waals surface area contributed by atoms with Gasteiger partial charge in [0, 0.05) is 11.2 Å². The first-order chi connectivity index (χ1) is 12.9. The molecule has 5 amide bonds. The molecule has 3 N–H and O–H groups in total. The van der Waals surface area contributed by atoms with Gasteiger partial charge < -0.3 is 20.3 Å². The number of rotatable bonds is 6. The highest BCUT2D eigenvalue weighted by atomic mass is 32.2. The van der Waals surface area contributed by atoms with Crippen LogP contribution in [0.2, 0.25) is 0 Å². The number of carbonyl (C=O) groups is 5. The number of urea groups is 1. The monoisotopic (exact) mass is 414 g/mol. The van der Waals surface area contributed by atoms with Crippen LogP contribution in [-0.4, -0.2) is 70.0 Å². The topological polar surface area (TPSA) is 134 Å². The van der Waals surface area contributed by atoms with E-state index in [1.165, 1.54) is 23.8 Å². The molecule has 0 aromatic heterocycles. The van der Waals surface area contributed by atoms with Gasteiger partial charge in [0.25, 0.3) is 5.91 Å². The van der Waals surface area contributed by atoms with E-state index in [2.05, 4.69) is 20.7 Å². The number of nitrogens with zero attached hydrogens (tertiary/aromatic N) is 1. The zero-order valence-corrected chi connectivity index (χ0v) is 17.4. The van der Waals surface area contributed by atoms with Crippen molar-refractivity contribution in [3.8, 4) is 0 Å². The van der Waals surface area contributed by atoms with Crippen LogP contribution in [0.4, 0.5) is 4.79 Å². The van der Waals surface area contributed by atoms with Crippen molar-refractivity contribution in [2.24, 2.45) is 0 Å². The van der Waals surface area contributed by atoms with Crippen LogP contribution in [0.15, 0.2) is 0 Å². The van der Waals surface area contributed by atoms with Crippen molar-refractivity contribution in [3.63, 3.8) is 0 Å². The van der Waals surface area contributed by atoms with E-state index in [9.17, 15) is 24.0 Å². The second kappa shape index (κ2) is 7.98. The van der Waals surface area contributed by atoms with Gasteiger partial charge >= 0.3 is 12.0 Å². The molecule has 0 aromatic rings. The minimum atomic E-state index is -0.809. The summed E-state index contributed by atoms with van der Waals surface area (Å²) in [4.78, 5) is 60.8. The minimum Gasteiger partial charge on any atom is -0.468 e. The number of hydrogen-bond acceptors (Lipinski definition) is 7. The third kappa shape index (κ3) is 4.57. The van der Waals surface area contributed by atoms with Gasteiger partial charge in [-0.15, -0.1) is 11.8 Å². The van der Waals surface area contributed by atoms with Crippen molar-refractivity contribution in [1.82, 2.24) is 20.9 Å². The molecule has 2 fully saturated rings. The fraction of sp³-hybridized carbons (Fsp3) is 0.706. The molecule has 0 radical (unpaired) electrons. The first kappa shape index (κ1) is 22.0. The summed E-state index contributed by atoms with van der Waals surface area (Å²) >= 11 is 1.48. The highest BCUT2D eigenvalue weighted by Crippen LogP contribution is 2.51. The summed E-state index contributed by atoms with van der Waals surface area (Å²) in [5.74, 6) is -1.82. The second-order valence-electron chi connectivity index (χ2n) is 7.67. The van der Waals surface area contributed by atoms with Crippen LogP contribution in [0.1, 0.15) is 40.5 Å². The first-order valence-electron chi connectivity index (χ1n) is 8.87. The van der Waals surface area contributed by atoms with Gasteiger partial charge in [0.1, 0.15) is 18.6 Å². The van der Waals surface area contributed by atoms with E-state index in [1.807, 2.05) is 27.7 Å². The molecule has 2 atom stereocenters. The fourth-order valence-electron chi connectivity index (χ4n) is 3.63. The van der Waals surface area contributed by atoms with E-state index >= 15 is 0 Å². The van der Waals surface area contributed by atoms with E-state index in [4.69, 9.17) is 0 Å². The number of thioether (sulfide) groups is 1. The van der Waals surface area contributed by atoms with Gasteiger partial charge in [-0.2, -0.15) is 0 Å². The molecule has 1 unspecified atom stereocenters. The Morgan fingerprint density at radius 2 is 1.86 bits per heavy atom. The summed E-state index contributed by atoms with van der Waals surface area (Å²) < 4.78 is 3.93. The molecule has 2 rings (SSSR count). The van der Waals surface area contributed by atoms with Crippen molar-refractivity contribution in [2.75, 3.05) is 13.7 Å². The predicted molar refractivity (Wildman–Crippen MR) is 101 cm³/mol. The molecule has 10 nitrogen and oxygen atoms in total. The summed E-state index contributed by atoms with van der Waals surface area (Å²) in [7, 11) is 1.22.